The molecule has 28 heavy (non-hydrogen) atoms. The molecule has 4 aliphatic carbocycles. The van der Waals surface area contributed by atoms with E-state index in [1.807, 2.05) is 37.3 Å². The fourth-order valence-electron chi connectivity index (χ4n) is 6.10. The van der Waals surface area contributed by atoms with E-state index in [1.165, 1.54) is 38.5 Å². The number of nitrogens with one attached hydrogen (secondary N) is 2. The SMILES string of the molecule is CC(=NNC(=O)c1cc(C23CC4CC(CC(C4)C2)C3)[nH]n1)c1ccc(Cl)cc1. The molecule has 1 amide bonds. The van der Waals surface area contributed by atoms with Crippen molar-refractivity contribution in [3.8, 4) is 0 Å². The molecular weight excluding hydrogens is 372 g/mol. The first-order chi connectivity index (χ1) is 13.5. The lowest BCUT2D eigenvalue weighted by Gasteiger charge is -2.56. The second-order valence-electron chi connectivity index (χ2n) is 9.01. The topological polar surface area (TPSA) is 70.1 Å². The van der Waals surface area contributed by atoms with Crippen molar-refractivity contribution in [2.45, 2.75) is 50.9 Å². The molecule has 146 valence electrons. The minimum Gasteiger partial charge on any atom is -0.281 e. The van der Waals surface area contributed by atoms with Gasteiger partial charge in [-0.25, -0.2) is 5.43 Å². The minimum atomic E-state index is -0.277. The molecule has 0 atom stereocenters. The van der Waals surface area contributed by atoms with Gasteiger partial charge in [0.05, 0.1) is 5.71 Å². The van der Waals surface area contributed by atoms with E-state index in [-0.39, 0.29) is 11.3 Å². The first-order valence-corrected chi connectivity index (χ1v) is 10.5. The summed E-state index contributed by atoms with van der Waals surface area (Å²) in [5.74, 6) is 2.30. The number of halogens is 1. The molecule has 2 aromatic rings. The number of nitrogens with zero attached hydrogens (tertiary/aromatic N) is 2. The summed E-state index contributed by atoms with van der Waals surface area (Å²) in [4.78, 5) is 12.6. The van der Waals surface area contributed by atoms with Crippen molar-refractivity contribution in [2.75, 3.05) is 0 Å². The third-order valence-corrected chi connectivity index (χ3v) is 7.26. The average Bonchev–Trinajstić information content (AvgIpc) is 3.16. The van der Waals surface area contributed by atoms with Crippen molar-refractivity contribution in [2.24, 2.45) is 22.9 Å². The Kier molecular flexibility index (Phi) is 4.31. The van der Waals surface area contributed by atoms with Crippen molar-refractivity contribution >= 4 is 23.2 Å². The third kappa shape index (κ3) is 3.16. The number of hydrogen-bond acceptors (Lipinski definition) is 3. The molecule has 4 fully saturated rings. The fraction of sp³-hybridized carbons (Fsp3) is 0.500. The van der Waals surface area contributed by atoms with Gasteiger partial charge in [0.25, 0.3) is 5.91 Å². The van der Waals surface area contributed by atoms with E-state index in [1.54, 1.807) is 0 Å². The summed E-state index contributed by atoms with van der Waals surface area (Å²) in [5, 5.41) is 12.4. The van der Waals surface area contributed by atoms with Crippen LogP contribution < -0.4 is 5.43 Å². The summed E-state index contributed by atoms with van der Waals surface area (Å²) in [6, 6.07) is 9.34. The molecule has 1 aromatic heterocycles. The van der Waals surface area contributed by atoms with Gasteiger partial charge in [0.1, 0.15) is 0 Å². The Bertz CT molecular complexity index is 895. The van der Waals surface area contributed by atoms with Gasteiger partial charge in [0.15, 0.2) is 5.69 Å². The molecule has 4 aliphatic rings. The first-order valence-electron chi connectivity index (χ1n) is 10.2. The normalized spacial score (nSPS) is 31.2. The van der Waals surface area contributed by atoms with Crippen LogP contribution in [0.2, 0.25) is 5.02 Å². The maximum absolute atomic E-state index is 12.6. The summed E-state index contributed by atoms with van der Waals surface area (Å²) < 4.78 is 0. The smallest absolute Gasteiger partial charge is 0.281 e. The van der Waals surface area contributed by atoms with Crippen molar-refractivity contribution in [3.05, 3.63) is 52.3 Å². The zero-order chi connectivity index (χ0) is 19.3. The van der Waals surface area contributed by atoms with E-state index in [0.29, 0.717) is 10.7 Å². The monoisotopic (exact) mass is 396 g/mol. The molecule has 4 bridgehead atoms. The standard InChI is InChI=1S/C22H25ClN4O/c1-13(17-2-4-18(23)5-3-17)24-27-21(28)19-9-20(26-25-19)22-10-14-6-15(11-22)8-16(7-14)12-22/h2-5,9,14-16H,6-8,10-12H2,1H3,(H,25,26)(H,27,28). The van der Waals surface area contributed by atoms with Crippen LogP contribution in [0.1, 0.15) is 67.2 Å². The summed E-state index contributed by atoms with van der Waals surface area (Å²) >= 11 is 5.92. The van der Waals surface area contributed by atoms with Crippen LogP contribution in [0.25, 0.3) is 0 Å². The summed E-state index contributed by atoms with van der Waals surface area (Å²) in [5.41, 5.74) is 6.05. The van der Waals surface area contributed by atoms with Crippen molar-refractivity contribution in [1.82, 2.24) is 15.6 Å². The molecule has 2 N–H and O–H groups in total. The number of aromatic nitrogens is 2. The molecule has 1 heterocycles. The Hall–Kier alpha value is -2.14. The Morgan fingerprint density at radius 1 is 1.14 bits per heavy atom. The molecule has 4 saturated carbocycles. The molecule has 0 saturated heterocycles. The summed E-state index contributed by atoms with van der Waals surface area (Å²) in [6.07, 6.45) is 7.94. The lowest BCUT2D eigenvalue weighted by molar-refractivity contribution is -0.00721. The van der Waals surface area contributed by atoms with Crippen molar-refractivity contribution in [1.29, 1.82) is 0 Å². The number of H-pyrrole nitrogens is 1. The zero-order valence-electron chi connectivity index (χ0n) is 16.0. The number of carbonyl (C=O) groups excluding carboxylic acids is 1. The van der Waals surface area contributed by atoms with Gasteiger partial charge >= 0.3 is 0 Å². The number of carbonyl (C=O) groups is 1. The van der Waals surface area contributed by atoms with Gasteiger partial charge in [-0.05, 0) is 87.0 Å². The lowest BCUT2D eigenvalue weighted by Crippen LogP contribution is -2.48. The van der Waals surface area contributed by atoms with Crippen LogP contribution in [-0.2, 0) is 5.41 Å². The molecular formula is C22H25ClN4O. The third-order valence-electron chi connectivity index (χ3n) is 7.01. The second-order valence-corrected chi connectivity index (χ2v) is 9.45. The first kappa shape index (κ1) is 17.9. The Morgan fingerprint density at radius 3 is 2.36 bits per heavy atom. The van der Waals surface area contributed by atoms with Gasteiger partial charge < -0.3 is 0 Å². The molecule has 5 nitrogen and oxygen atoms in total. The Labute approximate surface area is 169 Å². The van der Waals surface area contributed by atoms with Gasteiger partial charge in [0, 0.05) is 16.1 Å². The number of benzene rings is 1. The fourth-order valence-corrected chi connectivity index (χ4v) is 6.22. The van der Waals surface area contributed by atoms with Crippen LogP contribution in [0, 0.1) is 17.8 Å². The van der Waals surface area contributed by atoms with Crippen LogP contribution in [0.4, 0.5) is 0 Å². The quantitative estimate of drug-likeness (QED) is 0.581. The van der Waals surface area contributed by atoms with E-state index < -0.39 is 0 Å². The van der Waals surface area contributed by atoms with Gasteiger partial charge in [-0.2, -0.15) is 10.2 Å². The van der Waals surface area contributed by atoms with Gasteiger partial charge in [-0.15, -0.1) is 0 Å². The highest BCUT2D eigenvalue weighted by Crippen LogP contribution is 2.60. The second kappa shape index (κ2) is 6.73. The van der Waals surface area contributed by atoms with Gasteiger partial charge in [-0.1, -0.05) is 23.7 Å². The molecule has 6 heteroatoms. The molecule has 0 aliphatic heterocycles. The van der Waals surface area contributed by atoms with E-state index in [0.717, 1.165) is 34.7 Å². The average molecular weight is 397 g/mol. The predicted octanol–water partition coefficient (Wildman–Crippen LogP) is 4.68. The number of rotatable bonds is 4. The Morgan fingerprint density at radius 2 is 1.75 bits per heavy atom. The lowest BCUT2D eigenvalue weighted by atomic mass is 9.49. The summed E-state index contributed by atoms with van der Waals surface area (Å²) in [6.45, 7) is 1.86. The van der Waals surface area contributed by atoms with E-state index in [2.05, 4.69) is 20.7 Å². The maximum atomic E-state index is 12.6. The van der Waals surface area contributed by atoms with Crippen LogP contribution in [0.3, 0.4) is 0 Å². The molecule has 0 spiro atoms. The van der Waals surface area contributed by atoms with Crippen molar-refractivity contribution < 1.29 is 4.79 Å². The van der Waals surface area contributed by atoms with Crippen molar-refractivity contribution in [3.63, 3.8) is 0 Å². The highest BCUT2D eigenvalue weighted by Gasteiger charge is 2.52. The highest BCUT2D eigenvalue weighted by atomic mass is 35.5. The van der Waals surface area contributed by atoms with E-state index >= 15 is 0 Å². The van der Waals surface area contributed by atoms with Crippen LogP contribution in [0.5, 0.6) is 0 Å². The molecule has 0 unspecified atom stereocenters. The van der Waals surface area contributed by atoms with Crippen LogP contribution in [-0.4, -0.2) is 21.8 Å². The zero-order valence-corrected chi connectivity index (χ0v) is 16.8. The largest absolute Gasteiger partial charge is 0.291 e. The van der Waals surface area contributed by atoms with E-state index in [4.69, 9.17) is 11.6 Å². The number of amides is 1. The number of hydrogen-bond donors (Lipinski definition) is 2. The summed E-state index contributed by atoms with van der Waals surface area (Å²) in [7, 11) is 0. The molecule has 0 radical (unpaired) electrons. The molecule has 6 rings (SSSR count). The van der Waals surface area contributed by atoms with Gasteiger partial charge in [-0.3, -0.25) is 9.89 Å². The van der Waals surface area contributed by atoms with E-state index in [9.17, 15) is 4.79 Å². The Balaban J connectivity index is 1.30. The minimum absolute atomic E-state index is 0.211. The molecule has 1 aromatic carbocycles. The van der Waals surface area contributed by atoms with Crippen LogP contribution >= 0.6 is 11.6 Å². The maximum Gasteiger partial charge on any atom is 0.291 e. The number of aromatic amines is 1. The highest BCUT2D eigenvalue weighted by molar-refractivity contribution is 6.30. The number of hydrazone groups is 1. The predicted molar refractivity (Wildman–Crippen MR) is 110 cm³/mol. The van der Waals surface area contributed by atoms with Crippen LogP contribution in [0.15, 0.2) is 35.4 Å². The van der Waals surface area contributed by atoms with Gasteiger partial charge in [0.2, 0.25) is 0 Å².